The number of fused-ring (bicyclic) bond motifs is 1. The molecular formula is C17H22N6OS. The van der Waals surface area contributed by atoms with E-state index in [1.807, 2.05) is 0 Å². The molecule has 1 aromatic carbocycles. The number of carbonyl (C=O) groups is 1. The second-order valence-corrected chi connectivity index (χ2v) is 7.22. The monoisotopic (exact) mass is 358 g/mol. The molecule has 2 aromatic rings. The van der Waals surface area contributed by atoms with Crippen molar-refractivity contribution in [2.45, 2.75) is 6.42 Å². The Morgan fingerprint density at radius 3 is 2.92 bits per heavy atom. The Labute approximate surface area is 151 Å². The Kier molecular flexibility index (Phi) is 5.81. The van der Waals surface area contributed by atoms with Crippen LogP contribution in [0.2, 0.25) is 0 Å². The van der Waals surface area contributed by atoms with E-state index < -0.39 is 0 Å². The van der Waals surface area contributed by atoms with Crippen molar-refractivity contribution in [1.82, 2.24) is 20.1 Å². The third kappa shape index (κ3) is 4.89. The summed E-state index contributed by atoms with van der Waals surface area (Å²) in [7, 11) is 2.15. The summed E-state index contributed by atoms with van der Waals surface area (Å²) in [6.45, 7) is 6.06. The van der Waals surface area contributed by atoms with Crippen molar-refractivity contribution in [3.8, 4) is 6.07 Å². The summed E-state index contributed by atoms with van der Waals surface area (Å²) in [4.78, 5) is 21.1. The molecule has 0 spiro atoms. The van der Waals surface area contributed by atoms with Crippen molar-refractivity contribution < 1.29 is 4.79 Å². The SMILES string of the molecule is CN1CCN(CCCNC(=O)Nc2nc3ccc(C#N)cc3s2)CC1. The number of rotatable bonds is 5. The van der Waals surface area contributed by atoms with E-state index in [1.54, 1.807) is 18.2 Å². The molecule has 1 fully saturated rings. The fourth-order valence-corrected chi connectivity index (χ4v) is 3.67. The minimum absolute atomic E-state index is 0.238. The molecule has 0 atom stereocenters. The van der Waals surface area contributed by atoms with Gasteiger partial charge in [-0.2, -0.15) is 5.26 Å². The van der Waals surface area contributed by atoms with Gasteiger partial charge in [0, 0.05) is 32.7 Å². The van der Waals surface area contributed by atoms with Crippen molar-refractivity contribution in [3.63, 3.8) is 0 Å². The van der Waals surface area contributed by atoms with Crippen LogP contribution in [0, 0.1) is 11.3 Å². The average Bonchev–Trinajstić information content (AvgIpc) is 3.01. The first kappa shape index (κ1) is 17.6. The molecular weight excluding hydrogens is 336 g/mol. The van der Waals surface area contributed by atoms with Gasteiger partial charge in [-0.25, -0.2) is 9.78 Å². The van der Waals surface area contributed by atoms with Crippen LogP contribution in [0.1, 0.15) is 12.0 Å². The number of carbonyl (C=O) groups excluding carboxylic acids is 1. The number of anilines is 1. The second-order valence-electron chi connectivity index (χ2n) is 6.19. The van der Waals surface area contributed by atoms with Crippen molar-refractivity contribution in [2.75, 3.05) is 51.6 Å². The van der Waals surface area contributed by atoms with Gasteiger partial charge in [0.15, 0.2) is 5.13 Å². The van der Waals surface area contributed by atoms with E-state index in [-0.39, 0.29) is 6.03 Å². The van der Waals surface area contributed by atoms with Crippen molar-refractivity contribution in [1.29, 1.82) is 5.26 Å². The van der Waals surface area contributed by atoms with Gasteiger partial charge in [0.25, 0.3) is 0 Å². The summed E-state index contributed by atoms with van der Waals surface area (Å²) >= 11 is 1.37. The minimum Gasteiger partial charge on any atom is -0.338 e. The number of benzene rings is 1. The van der Waals surface area contributed by atoms with Gasteiger partial charge in [-0.05, 0) is 38.2 Å². The van der Waals surface area contributed by atoms with Crippen LogP contribution < -0.4 is 10.6 Å². The fourth-order valence-electron chi connectivity index (χ4n) is 2.77. The molecule has 8 heteroatoms. The molecule has 7 nitrogen and oxygen atoms in total. The quantitative estimate of drug-likeness (QED) is 0.798. The number of nitrogens with one attached hydrogen (secondary N) is 2. The maximum Gasteiger partial charge on any atom is 0.321 e. The van der Waals surface area contributed by atoms with Gasteiger partial charge in [-0.3, -0.25) is 5.32 Å². The topological polar surface area (TPSA) is 84.3 Å². The van der Waals surface area contributed by atoms with E-state index in [4.69, 9.17) is 5.26 Å². The standard InChI is InChI=1S/C17H22N6OS/c1-22-7-9-23(10-8-22)6-2-5-19-16(24)21-17-20-14-4-3-13(12-18)11-15(14)25-17/h3-4,11H,2,5-10H2,1H3,(H2,19,20,21,24). The fraction of sp³-hybridized carbons (Fsp3) is 0.471. The Morgan fingerprint density at radius 1 is 1.36 bits per heavy atom. The number of nitrogens with zero attached hydrogens (tertiary/aromatic N) is 4. The van der Waals surface area contributed by atoms with Crippen molar-refractivity contribution >= 4 is 32.7 Å². The highest BCUT2D eigenvalue weighted by atomic mass is 32.1. The lowest BCUT2D eigenvalue weighted by atomic mass is 10.2. The van der Waals surface area contributed by atoms with Crippen LogP contribution >= 0.6 is 11.3 Å². The number of amides is 2. The molecule has 2 amide bonds. The summed E-state index contributed by atoms with van der Waals surface area (Å²) in [5.74, 6) is 0. The summed E-state index contributed by atoms with van der Waals surface area (Å²) in [6.07, 6.45) is 0.933. The summed E-state index contributed by atoms with van der Waals surface area (Å²) < 4.78 is 0.893. The smallest absolute Gasteiger partial charge is 0.321 e. The van der Waals surface area contributed by atoms with Crippen LogP contribution in [0.5, 0.6) is 0 Å². The summed E-state index contributed by atoms with van der Waals surface area (Å²) in [5, 5.41) is 15.1. The molecule has 2 N–H and O–H groups in total. The van der Waals surface area contributed by atoms with E-state index in [1.165, 1.54) is 11.3 Å². The van der Waals surface area contributed by atoms with Crippen molar-refractivity contribution in [2.24, 2.45) is 0 Å². The lowest BCUT2D eigenvalue weighted by Crippen LogP contribution is -2.45. The van der Waals surface area contributed by atoms with Crippen LogP contribution in [-0.2, 0) is 0 Å². The predicted octanol–water partition coefficient (Wildman–Crippen LogP) is 1.93. The second kappa shape index (κ2) is 8.25. The molecule has 1 aliphatic rings. The molecule has 0 unspecified atom stereocenters. The number of nitriles is 1. The molecule has 25 heavy (non-hydrogen) atoms. The number of piperazine rings is 1. The highest BCUT2D eigenvalue weighted by Gasteiger charge is 2.13. The number of aromatic nitrogens is 1. The van der Waals surface area contributed by atoms with Gasteiger partial charge in [0.1, 0.15) is 0 Å². The lowest BCUT2D eigenvalue weighted by Gasteiger charge is -2.32. The Morgan fingerprint density at radius 2 is 2.16 bits per heavy atom. The number of hydrogen-bond donors (Lipinski definition) is 2. The van der Waals surface area contributed by atoms with Crippen LogP contribution in [0.15, 0.2) is 18.2 Å². The molecule has 3 rings (SSSR count). The molecule has 2 heterocycles. The maximum atomic E-state index is 12.0. The number of urea groups is 1. The molecule has 1 aliphatic heterocycles. The Balaban J connectivity index is 1.41. The molecule has 1 saturated heterocycles. The van der Waals surface area contributed by atoms with Crippen molar-refractivity contribution in [3.05, 3.63) is 23.8 Å². The van der Waals surface area contributed by atoms with E-state index in [0.717, 1.165) is 49.4 Å². The van der Waals surface area contributed by atoms with E-state index in [0.29, 0.717) is 17.2 Å². The summed E-state index contributed by atoms with van der Waals surface area (Å²) in [5.41, 5.74) is 1.38. The molecule has 1 aromatic heterocycles. The van der Waals surface area contributed by atoms with Crippen LogP contribution in [0.3, 0.4) is 0 Å². The molecule has 132 valence electrons. The predicted molar refractivity (Wildman–Crippen MR) is 99.9 cm³/mol. The van der Waals surface area contributed by atoms with Crippen LogP contribution in [-0.4, -0.2) is 67.1 Å². The van der Waals surface area contributed by atoms with E-state index in [9.17, 15) is 4.79 Å². The van der Waals surface area contributed by atoms with E-state index in [2.05, 4.69) is 38.5 Å². The Hall–Kier alpha value is -2.21. The zero-order chi connectivity index (χ0) is 17.6. The maximum absolute atomic E-state index is 12.0. The van der Waals surface area contributed by atoms with Gasteiger partial charge in [-0.1, -0.05) is 11.3 Å². The zero-order valence-corrected chi connectivity index (χ0v) is 15.1. The minimum atomic E-state index is -0.238. The van der Waals surface area contributed by atoms with Gasteiger partial charge in [0.05, 0.1) is 21.8 Å². The average molecular weight is 358 g/mol. The molecule has 0 bridgehead atoms. The molecule has 0 radical (unpaired) electrons. The largest absolute Gasteiger partial charge is 0.338 e. The van der Waals surface area contributed by atoms with Gasteiger partial charge in [0.2, 0.25) is 0 Å². The first-order chi connectivity index (χ1) is 12.1. The summed E-state index contributed by atoms with van der Waals surface area (Å²) in [6, 6.07) is 7.17. The number of thiazole rings is 1. The highest BCUT2D eigenvalue weighted by Crippen LogP contribution is 2.26. The van der Waals surface area contributed by atoms with Gasteiger partial charge >= 0.3 is 6.03 Å². The normalized spacial score (nSPS) is 15.8. The van der Waals surface area contributed by atoms with E-state index >= 15 is 0 Å². The molecule has 0 saturated carbocycles. The first-order valence-electron chi connectivity index (χ1n) is 8.40. The third-order valence-electron chi connectivity index (χ3n) is 4.27. The third-order valence-corrected chi connectivity index (χ3v) is 5.20. The van der Waals surface area contributed by atoms with Gasteiger partial charge < -0.3 is 15.1 Å². The van der Waals surface area contributed by atoms with Gasteiger partial charge in [-0.15, -0.1) is 0 Å². The van der Waals surface area contributed by atoms with Crippen LogP contribution in [0.25, 0.3) is 10.2 Å². The van der Waals surface area contributed by atoms with Crippen LogP contribution in [0.4, 0.5) is 9.93 Å². The number of hydrogen-bond acceptors (Lipinski definition) is 6. The number of likely N-dealkylation sites (N-methyl/N-ethyl adjacent to an activating group) is 1. The highest BCUT2D eigenvalue weighted by molar-refractivity contribution is 7.22. The Bertz CT molecular complexity index is 775. The lowest BCUT2D eigenvalue weighted by molar-refractivity contribution is 0.153. The molecule has 0 aliphatic carbocycles. The zero-order valence-electron chi connectivity index (χ0n) is 14.3. The first-order valence-corrected chi connectivity index (χ1v) is 9.22.